The summed E-state index contributed by atoms with van der Waals surface area (Å²) in [5, 5.41) is 8.67. The van der Waals surface area contributed by atoms with Gasteiger partial charge in [0.2, 0.25) is 0 Å². The SMILES string of the molecule is O=C(O)c1ccc(OCc2ccc(F)cc2)cn1. The maximum atomic E-state index is 12.7. The fraction of sp³-hybridized carbons (Fsp3) is 0.0769. The van der Waals surface area contributed by atoms with Crippen LogP contribution in [0, 0.1) is 5.82 Å². The zero-order valence-corrected chi connectivity index (χ0v) is 9.34. The number of rotatable bonds is 4. The van der Waals surface area contributed by atoms with Crippen molar-refractivity contribution in [3.63, 3.8) is 0 Å². The molecular weight excluding hydrogens is 237 g/mol. The molecule has 0 amide bonds. The third kappa shape index (κ3) is 3.04. The topological polar surface area (TPSA) is 59.4 Å². The third-order valence-corrected chi connectivity index (χ3v) is 2.27. The van der Waals surface area contributed by atoms with Crippen LogP contribution in [0.3, 0.4) is 0 Å². The molecule has 0 saturated heterocycles. The Balaban J connectivity index is 1.97. The number of aromatic carboxylic acids is 1. The van der Waals surface area contributed by atoms with E-state index in [4.69, 9.17) is 9.84 Å². The number of ether oxygens (including phenoxy) is 1. The van der Waals surface area contributed by atoms with E-state index < -0.39 is 5.97 Å². The molecule has 1 aromatic heterocycles. The normalized spacial score (nSPS) is 10.1. The molecule has 0 bridgehead atoms. The van der Waals surface area contributed by atoms with Gasteiger partial charge in [0.15, 0.2) is 0 Å². The number of carboxylic acid groups (broad SMARTS) is 1. The van der Waals surface area contributed by atoms with Crippen LogP contribution in [0.5, 0.6) is 5.75 Å². The van der Waals surface area contributed by atoms with Gasteiger partial charge in [0, 0.05) is 0 Å². The molecule has 92 valence electrons. The van der Waals surface area contributed by atoms with E-state index >= 15 is 0 Å². The summed E-state index contributed by atoms with van der Waals surface area (Å²) < 4.78 is 18.1. The van der Waals surface area contributed by atoms with Crippen LogP contribution < -0.4 is 4.74 Å². The van der Waals surface area contributed by atoms with Crippen molar-refractivity contribution in [3.8, 4) is 5.75 Å². The molecule has 2 rings (SSSR count). The van der Waals surface area contributed by atoms with Crippen molar-refractivity contribution in [1.82, 2.24) is 4.98 Å². The molecule has 1 N–H and O–H groups in total. The Kier molecular flexibility index (Phi) is 3.52. The van der Waals surface area contributed by atoms with Gasteiger partial charge in [-0.15, -0.1) is 0 Å². The summed E-state index contributed by atoms with van der Waals surface area (Å²) >= 11 is 0. The molecule has 18 heavy (non-hydrogen) atoms. The van der Waals surface area contributed by atoms with Gasteiger partial charge in [-0.3, -0.25) is 0 Å². The number of hydrogen-bond donors (Lipinski definition) is 1. The molecule has 0 aliphatic heterocycles. The fourth-order valence-corrected chi connectivity index (χ4v) is 1.34. The van der Waals surface area contributed by atoms with Crippen molar-refractivity contribution in [2.45, 2.75) is 6.61 Å². The van der Waals surface area contributed by atoms with E-state index in [-0.39, 0.29) is 18.1 Å². The Labute approximate surface area is 103 Å². The van der Waals surface area contributed by atoms with Crippen molar-refractivity contribution in [2.75, 3.05) is 0 Å². The van der Waals surface area contributed by atoms with Gasteiger partial charge in [-0.05, 0) is 29.8 Å². The number of halogens is 1. The first-order chi connectivity index (χ1) is 8.65. The lowest BCUT2D eigenvalue weighted by atomic mass is 10.2. The van der Waals surface area contributed by atoms with Crippen LogP contribution in [0.2, 0.25) is 0 Å². The van der Waals surface area contributed by atoms with Crippen LogP contribution in [0.1, 0.15) is 16.1 Å². The molecule has 0 saturated carbocycles. The number of benzene rings is 1. The Bertz CT molecular complexity index is 537. The number of hydrogen-bond acceptors (Lipinski definition) is 3. The molecule has 1 heterocycles. The molecule has 2 aromatic rings. The van der Waals surface area contributed by atoms with E-state index in [1.165, 1.54) is 30.5 Å². The summed E-state index contributed by atoms with van der Waals surface area (Å²) in [7, 11) is 0. The molecule has 0 spiro atoms. The summed E-state index contributed by atoms with van der Waals surface area (Å²) in [6.07, 6.45) is 1.34. The number of aromatic nitrogens is 1. The summed E-state index contributed by atoms with van der Waals surface area (Å²) in [6.45, 7) is 0.272. The van der Waals surface area contributed by atoms with Gasteiger partial charge in [-0.25, -0.2) is 14.2 Å². The molecular formula is C13H10FNO3. The molecule has 0 aliphatic rings. The average Bonchev–Trinajstić information content (AvgIpc) is 2.38. The molecule has 0 aliphatic carbocycles. The zero-order chi connectivity index (χ0) is 13.0. The predicted octanol–water partition coefficient (Wildman–Crippen LogP) is 2.50. The zero-order valence-electron chi connectivity index (χ0n) is 9.34. The minimum Gasteiger partial charge on any atom is -0.487 e. The molecule has 0 fully saturated rings. The number of pyridine rings is 1. The van der Waals surface area contributed by atoms with Gasteiger partial charge in [0.05, 0.1) is 6.20 Å². The van der Waals surface area contributed by atoms with Crippen LogP contribution >= 0.6 is 0 Å². The van der Waals surface area contributed by atoms with Gasteiger partial charge >= 0.3 is 5.97 Å². The fourth-order valence-electron chi connectivity index (χ4n) is 1.34. The van der Waals surface area contributed by atoms with E-state index in [9.17, 15) is 9.18 Å². The van der Waals surface area contributed by atoms with Crippen LogP contribution in [-0.4, -0.2) is 16.1 Å². The third-order valence-electron chi connectivity index (χ3n) is 2.27. The first kappa shape index (κ1) is 12.0. The maximum absolute atomic E-state index is 12.7. The van der Waals surface area contributed by atoms with E-state index in [0.717, 1.165) is 5.56 Å². The van der Waals surface area contributed by atoms with Gasteiger partial charge in [0.1, 0.15) is 23.9 Å². The standard InChI is InChI=1S/C13H10FNO3/c14-10-3-1-9(2-4-10)8-18-11-5-6-12(13(16)17)15-7-11/h1-7H,8H2,(H,16,17). The summed E-state index contributed by atoms with van der Waals surface area (Å²) in [4.78, 5) is 14.3. The van der Waals surface area contributed by atoms with Crippen LogP contribution in [0.4, 0.5) is 4.39 Å². The van der Waals surface area contributed by atoms with Crippen molar-refractivity contribution >= 4 is 5.97 Å². The quantitative estimate of drug-likeness (QED) is 0.901. The van der Waals surface area contributed by atoms with E-state index in [1.807, 2.05) is 0 Å². The second kappa shape index (κ2) is 5.27. The highest BCUT2D eigenvalue weighted by Gasteiger charge is 2.04. The van der Waals surface area contributed by atoms with Gasteiger partial charge in [-0.1, -0.05) is 12.1 Å². The number of carbonyl (C=O) groups is 1. The van der Waals surface area contributed by atoms with Crippen molar-refractivity contribution in [1.29, 1.82) is 0 Å². The Hall–Kier alpha value is -2.43. The highest BCUT2D eigenvalue weighted by atomic mass is 19.1. The maximum Gasteiger partial charge on any atom is 0.354 e. The van der Waals surface area contributed by atoms with Crippen LogP contribution in [0.15, 0.2) is 42.6 Å². The smallest absolute Gasteiger partial charge is 0.354 e. The van der Waals surface area contributed by atoms with E-state index in [1.54, 1.807) is 12.1 Å². The molecule has 0 atom stereocenters. The van der Waals surface area contributed by atoms with Crippen LogP contribution in [0.25, 0.3) is 0 Å². The Morgan fingerprint density at radius 2 is 1.94 bits per heavy atom. The van der Waals surface area contributed by atoms with E-state index in [0.29, 0.717) is 5.75 Å². The predicted molar refractivity (Wildman–Crippen MR) is 61.9 cm³/mol. The lowest BCUT2D eigenvalue weighted by molar-refractivity contribution is 0.0690. The van der Waals surface area contributed by atoms with Crippen LogP contribution in [-0.2, 0) is 6.61 Å². The van der Waals surface area contributed by atoms with Gasteiger partial charge in [-0.2, -0.15) is 0 Å². The van der Waals surface area contributed by atoms with Crippen molar-refractivity contribution in [2.24, 2.45) is 0 Å². The summed E-state index contributed by atoms with van der Waals surface area (Å²) in [6, 6.07) is 8.83. The first-order valence-electron chi connectivity index (χ1n) is 5.22. The minimum absolute atomic E-state index is 0.0378. The summed E-state index contributed by atoms with van der Waals surface area (Å²) in [5.41, 5.74) is 0.780. The average molecular weight is 247 g/mol. The van der Waals surface area contributed by atoms with Crippen molar-refractivity contribution < 1.29 is 19.0 Å². The number of carboxylic acids is 1. The lowest BCUT2D eigenvalue weighted by Crippen LogP contribution is -2.01. The molecule has 4 nitrogen and oxygen atoms in total. The molecule has 5 heteroatoms. The second-order valence-electron chi connectivity index (χ2n) is 3.60. The second-order valence-corrected chi connectivity index (χ2v) is 3.60. The summed E-state index contributed by atoms with van der Waals surface area (Å²) in [5.74, 6) is -0.921. The molecule has 0 radical (unpaired) electrons. The van der Waals surface area contributed by atoms with E-state index in [2.05, 4.69) is 4.98 Å². The Morgan fingerprint density at radius 3 is 2.50 bits per heavy atom. The monoisotopic (exact) mass is 247 g/mol. The highest BCUT2D eigenvalue weighted by molar-refractivity contribution is 5.85. The highest BCUT2D eigenvalue weighted by Crippen LogP contribution is 2.12. The minimum atomic E-state index is -1.08. The molecule has 1 aromatic carbocycles. The molecule has 0 unspecified atom stereocenters. The first-order valence-corrected chi connectivity index (χ1v) is 5.22. The van der Waals surface area contributed by atoms with Crippen molar-refractivity contribution in [3.05, 3.63) is 59.7 Å². The Morgan fingerprint density at radius 1 is 1.22 bits per heavy atom. The largest absolute Gasteiger partial charge is 0.487 e. The number of nitrogens with zero attached hydrogens (tertiary/aromatic N) is 1. The van der Waals surface area contributed by atoms with Gasteiger partial charge in [0.25, 0.3) is 0 Å². The van der Waals surface area contributed by atoms with Gasteiger partial charge < -0.3 is 9.84 Å². The lowest BCUT2D eigenvalue weighted by Gasteiger charge is -2.05.